The van der Waals surface area contributed by atoms with Crippen molar-refractivity contribution < 1.29 is 0 Å². The Morgan fingerprint density at radius 2 is 1.50 bits per heavy atom. The summed E-state index contributed by atoms with van der Waals surface area (Å²) >= 11 is 0. The van der Waals surface area contributed by atoms with Crippen LogP contribution in [0.4, 0.5) is 0 Å². The number of rotatable bonds is 8. The Labute approximate surface area is 89.4 Å². The number of hydrogen-bond donors (Lipinski definition) is 0. The first-order valence-electron chi connectivity index (χ1n) is 5.66. The standard InChI is InChI=1S/C14H23/c1-3-5-7-9-11-13-14-12-10-8-6-4-2/h3,5,9,11-12,14H,1,4,6-8,10,13H2,2H3/b5-3+,11-9+,14-12+. The molecule has 1 radical (unpaired) electrons. The lowest BCUT2D eigenvalue weighted by Crippen LogP contribution is -1.70. The fourth-order valence-corrected chi connectivity index (χ4v) is 1.17. The van der Waals surface area contributed by atoms with Gasteiger partial charge in [0.1, 0.15) is 0 Å². The van der Waals surface area contributed by atoms with Crippen molar-refractivity contribution in [1.29, 1.82) is 0 Å². The SMILES string of the molecule is [CH2]/C=C/C/C=C/C/C=C/CCCCC. The summed E-state index contributed by atoms with van der Waals surface area (Å²) in [7, 11) is 0. The molecule has 0 fully saturated rings. The van der Waals surface area contributed by atoms with Gasteiger partial charge in [-0.25, -0.2) is 0 Å². The molecule has 79 valence electrons. The van der Waals surface area contributed by atoms with Crippen molar-refractivity contribution >= 4 is 0 Å². The van der Waals surface area contributed by atoms with E-state index in [1.807, 2.05) is 6.08 Å². The van der Waals surface area contributed by atoms with Crippen LogP contribution in [0.3, 0.4) is 0 Å². The van der Waals surface area contributed by atoms with Gasteiger partial charge in [0.05, 0.1) is 0 Å². The monoisotopic (exact) mass is 191 g/mol. The van der Waals surface area contributed by atoms with Gasteiger partial charge in [-0.05, 0) is 32.6 Å². The lowest BCUT2D eigenvalue weighted by molar-refractivity contribution is 0.728. The molecule has 0 unspecified atom stereocenters. The van der Waals surface area contributed by atoms with Crippen molar-refractivity contribution in [2.75, 3.05) is 0 Å². The van der Waals surface area contributed by atoms with Crippen molar-refractivity contribution in [3.63, 3.8) is 0 Å². The van der Waals surface area contributed by atoms with E-state index in [4.69, 9.17) is 0 Å². The second-order valence-electron chi connectivity index (χ2n) is 3.38. The van der Waals surface area contributed by atoms with E-state index in [0.29, 0.717) is 0 Å². The molecule has 0 aliphatic carbocycles. The first kappa shape index (κ1) is 13.2. The van der Waals surface area contributed by atoms with E-state index >= 15 is 0 Å². The first-order chi connectivity index (χ1) is 6.91. The van der Waals surface area contributed by atoms with Crippen LogP contribution in [-0.4, -0.2) is 0 Å². The van der Waals surface area contributed by atoms with Crippen molar-refractivity contribution in [3.8, 4) is 0 Å². The molecular formula is C14H23. The Kier molecular flexibility index (Phi) is 11.5. The van der Waals surface area contributed by atoms with E-state index in [1.165, 1.54) is 25.7 Å². The van der Waals surface area contributed by atoms with Gasteiger partial charge >= 0.3 is 0 Å². The topological polar surface area (TPSA) is 0 Å². The zero-order valence-corrected chi connectivity index (χ0v) is 9.41. The lowest BCUT2D eigenvalue weighted by atomic mass is 10.2. The minimum absolute atomic E-state index is 1.01. The molecular weight excluding hydrogens is 168 g/mol. The first-order valence-corrected chi connectivity index (χ1v) is 5.66. The maximum absolute atomic E-state index is 3.63. The highest BCUT2D eigenvalue weighted by molar-refractivity contribution is 4.97. The van der Waals surface area contributed by atoms with Gasteiger partial charge in [0.25, 0.3) is 0 Å². The summed E-state index contributed by atoms with van der Waals surface area (Å²) in [6.45, 7) is 5.87. The highest BCUT2D eigenvalue weighted by Gasteiger charge is 1.80. The zero-order chi connectivity index (χ0) is 10.5. The molecule has 0 N–H and O–H groups in total. The third kappa shape index (κ3) is 11.2. The molecule has 0 heteroatoms. The summed E-state index contributed by atoms with van der Waals surface area (Å²) in [5.41, 5.74) is 0. The van der Waals surface area contributed by atoms with Gasteiger partial charge in [-0.1, -0.05) is 56.2 Å². The Bertz CT molecular complexity index is 172. The van der Waals surface area contributed by atoms with Crippen LogP contribution in [0, 0.1) is 6.92 Å². The van der Waals surface area contributed by atoms with E-state index < -0.39 is 0 Å². The van der Waals surface area contributed by atoms with Gasteiger partial charge < -0.3 is 0 Å². The van der Waals surface area contributed by atoms with Crippen LogP contribution >= 0.6 is 0 Å². The largest absolute Gasteiger partial charge is 0.0882 e. The van der Waals surface area contributed by atoms with Crippen molar-refractivity contribution in [3.05, 3.63) is 43.4 Å². The molecule has 0 rings (SSSR count). The molecule has 0 saturated carbocycles. The Hall–Kier alpha value is -0.780. The van der Waals surface area contributed by atoms with Gasteiger partial charge in [-0.2, -0.15) is 0 Å². The molecule has 0 aromatic rings. The molecule has 0 nitrogen and oxygen atoms in total. The summed E-state index contributed by atoms with van der Waals surface area (Å²) in [6.07, 6.45) is 20.1. The maximum atomic E-state index is 3.63. The van der Waals surface area contributed by atoms with Gasteiger partial charge in [0.15, 0.2) is 0 Å². The quantitative estimate of drug-likeness (QED) is 0.380. The molecule has 0 aromatic heterocycles. The molecule has 0 aliphatic heterocycles. The van der Waals surface area contributed by atoms with E-state index in [9.17, 15) is 0 Å². The molecule has 0 atom stereocenters. The average molecular weight is 191 g/mol. The minimum atomic E-state index is 1.01. The lowest BCUT2D eigenvalue weighted by Gasteiger charge is -1.90. The molecule has 0 aliphatic rings. The molecule has 0 spiro atoms. The molecule has 0 amide bonds. The van der Waals surface area contributed by atoms with E-state index in [1.54, 1.807) is 0 Å². The van der Waals surface area contributed by atoms with Crippen molar-refractivity contribution in [1.82, 2.24) is 0 Å². The molecule has 0 saturated heterocycles. The summed E-state index contributed by atoms with van der Waals surface area (Å²) in [5, 5.41) is 0. The van der Waals surface area contributed by atoms with Crippen LogP contribution < -0.4 is 0 Å². The number of hydrogen-bond acceptors (Lipinski definition) is 0. The fourth-order valence-electron chi connectivity index (χ4n) is 1.17. The van der Waals surface area contributed by atoms with Gasteiger partial charge in [-0.15, -0.1) is 0 Å². The minimum Gasteiger partial charge on any atom is -0.0882 e. The highest BCUT2D eigenvalue weighted by Crippen LogP contribution is 2.00. The summed E-state index contributed by atoms with van der Waals surface area (Å²) in [6, 6.07) is 0. The van der Waals surface area contributed by atoms with Crippen molar-refractivity contribution in [2.24, 2.45) is 0 Å². The van der Waals surface area contributed by atoms with Gasteiger partial charge in [0.2, 0.25) is 0 Å². The Morgan fingerprint density at radius 3 is 2.14 bits per heavy atom. The van der Waals surface area contributed by atoms with Crippen LogP contribution in [0.1, 0.15) is 45.4 Å². The highest BCUT2D eigenvalue weighted by atomic mass is 13.9. The summed E-state index contributed by atoms with van der Waals surface area (Å²) < 4.78 is 0. The molecule has 0 aromatic carbocycles. The van der Waals surface area contributed by atoms with E-state index in [2.05, 4.69) is 44.2 Å². The third-order valence-electron chi connectivity index (χ3n) is 2.02. The smallest absolute Gasteiger partial charge is 0.0169 e. The summed E-state index contributed by atoms with van der Waals surface area (Å²) in [5.74, 6) is 0. The molecule has 0 bridgehead atoms. The average Bonchev–Trinajstić information content (AvgIpc) is 2.21. The van der Waals surface area contributed by atoms with Gasteiger partial charge in [-0.3, -0.25) is 0 Å². The zero-order valence-electron chi connectivity index (χ0n) is 9.41. The molecule has 14 heavy (non-hydrogen) atoms. The normalized spacial score (nSPS) is 12.4. The van der Waals surface area contributed by atoms with E-state index in [-0.39, 0.29) is 0 Å². The number of allylic oxidation sites excluding steroid dienone is 6. The van der Waals surface area contributed by atoms with Crippen LogP contribution in [-0.2, 0) is 0 Å². The predicted octanol–water partition coefficient (Wildman–Crippen LogP) is 4.85. The van der Waals surface area contributed by atoms with Crippen LogP contribution in [0.2, 0.25) is 0 Å². The van der Waals surface area contributed by atoms with Crippen LogP contribution in [0.25, 0.3) is 0 Å². The van der Waals surface area contributed by atoms with E-state index in [0.717, 1.165) is 12.8 Å². The van der Waals surface area contributed by atoms with Gasteiger partial charge in [0, 0.05) is 0 Å². The third-order valence-corrected chi connectivity index (χ3v) is 2.02. The Morgan fingerprint density at radius 1 is 0.857 bits per heavy atom. The van der Waals surface area contributed by atoms with Crippen LogP contribution in [0.15, 0.2) is 36.5 Å². The number of unbranched alkanes of at least 4 members (excludes halogenated alkanes) is 3. The fraction of sp³-hybridized carbons (Fsp3) is 0.500. The predicted molar refractivity (Wildman–Crippen MR) is 66.2 cm³/mol. The Balaban J connectivity index is 3.21. The maximum Gasteiger partial charge on any atom is -0.0169 e. The van der Waals surface area contributed by atoms with Crippen LogP contribution in [0.5, 0.6) is 0 Å². The summed E-state index contributed by atoms with van der Waals surface area (Å²) in [4.78, 5) is 0. The molecule has 0 heterocycles. The second-order valence-corrected chi connectivity index (χ2v) is 3.38. The second kappa shape index (κ2) is 12.2. The van der Waals surface area contributed by atoms with Crippen molar-refractivity contribution in [2.45, 2.75) is 45.4 Å².